The maximum Gasteiger partial charge on any atom is 0.419 e. The van der Waals surface area contributed by atoms with Gasteiger partial charge in [0.15, 0.2) is 0 Å². The number of aliphatic hydroxyl groups excluding tert-OH is 1. The lowest BCUT2D eigenvalue weighted by molar-refractivity contribution is -0.138. The minimum atomic E-state index is -4.70. The second-order valence-corrected chi connectivity index (χ2v) is 3.97. The molecule has 0 bridgehead atoms. The molecule has 4 N–H and O–H groups in total. The van der Waals surface area contributed by atoms with E-state index in [1.54, 1.807) is 0 Å². The number of aromatic nitrogens is 2. The Hall–Kier alpha value is -2.13. The van der Waals surface area contributed by atoms with E-state index in [0.717, 1.165) is 6.07 Å². The molecule has 9 heteroatoms. The highest BCUT2D eigenvalue weighted by Gasteiger charge is 2.34. The van der Waals surface area contributed by atoms with Gasteiger partial charge in [-0.25, -0.2) is 0 Å². The van der Waals surface area contributed by atoms with Gasteiger partial charge < -0.3 is 20.5 Å². The van der Waals surface area contributed by atoms with Crippen LogP contribution in [-0.2, 0) is 6.18 Å². The van der Waals surface area contributed by atoms with Crippen molar-refractivity contribution in [2.45, 2.75) is 12.2 Å². The Kier molecular flexibility index (Phi) is 3.64. The van der Waals surface area contributed by atoms with Crippen LogP contribution in [-0.4, -0.2) is 27.0 Å². The average molecular weight is 289 g/mol. The zero-order chi connectivity index (χ0) is 14.9. The van der Waals surface area contributed by atoms with Gasteiger partial charge in [-0.2, -0.15) is 18.2 Å². The molecular formula is C11H10F3N3O3. The minimum Gasteiger partial charge on any atom is -0.507 e. The molecule has 1 atom stereocenters. The Morgan fingerprint density at radius 1 is 1.35 bits per heavy atom. The number of phenolic OH excluding ortho intramolecular Hbond substituents is 1. The minimum absolute atomic E-state index is 0.00950. The van der Waals surface area contributed by atoms with Crippen LogP contribution >= 0.6 is 0 Å². The first-order valence-corrected chi connectivity index (χ1v) is 5.43. The van der Waals surface area contributed by atoms with E-state index >= 15 is 0 Å². The fraction of sp³-hybridized carbons (Fsp3) is 0.273. The highest BCUT2D eigenvalue weighted by molar-refractivity contribution is 5.58. The van der Waals surface area contributed by atoms with Crippen molar-refractivity contribution in [3.63, 3.8) is 0 Å². The van der Waals surface area contributed by atoms with E-state index in [1.165, 1.54) is 6.07 Å². The van der Waals surface area contributed by atoms with Crippen LogP contribution in [0.3, 0.4) is 0 Å². The van der Waals surface area contributed by atoms with E-state index in [0.29, 0.717) is 6.07 Å². The zero-order valence-electron chi connectivity index (χ0n) is 9.92. The third-order valence-corrected chi connectivity index (χ3v) is 2.52. The molecule has 2 rings (SSSR count). The molecule has 0 aliphatic rings. The van der Waals surface area contributed by atoms with Crippen molar-refractivity contribution < 1.29 is 27.9 Å². The summed E-state index contributed by atoms with van der Waals surface area (Å²) in [6, 6.07) is 1.90. The summed E-state index contributed by atoms with van der Waals surface area (Å²) in [6.45, 7) is -0.439. The second kappa shape index (κ2) is 5.10. The van der Waals surface area contributed by atoms with Crippen LogP contribution in [0, 0.1) is 0 Å². The van der Waals surface area contributed by atoms with Crippen LogP contribution < -0.4 is 5.73 Å². The topological polar surface area (TPSA) is 105 Å². The molecule has 0 radical (unpaired) electrons. The number of aromatic hydroxyl groups is 1. The van der Waals surface area contributed by atoms with Crippen molar-refractivity contribution in [1.29, 1.82) is 0 Å². The molecule has 1 heterocycles. The predicted molar refractivity (Wildman–Crippen MR) is 60.4 cm³/mol. The zero-order valence-corrected chi connectivity index (χ0v) is 9.92. The molecule has 0 fully saturated rings. The van der Waals surface area contributed by atoms with E-state index in [4.69, 9.17) is 15.4 Å². The Bertz CT molecular complexity index is 612. The molecule has 0 spiro atoms. The van der Waals surface area contributed by atoms with E-state index in [-0.39, 0.29) is 17.3 Å². The van der Waals surface area contributed by atoms with Crippen molar-refractivity contribution in [3.05, 3.63) is 29.7 Å². The fourth-order valence-corrected chi connectivity index (χ4v) is 1.48. The number of hydrogen-bond donors (Lipinski definition) is 3. The molecule has 108 valence electrons. The van der Waals surface area contributed by atoms with Crippen LogP contribution in [0.5, 0.6) is 5.75 Å². The predicted octanol–water partition coefficient (Wildman–Crippen LogP) is 1.45. The van der Waals surface area contributed by atoms with Crippen LogP contribution in [0.4, 0.5) is 13.2 Å². The van der Waals surface area contributed by atoms with Gasteiger partial charge in [-0.1, -0.05) is 5.16 Å². The van der Waals surface area contributed by atoms with E-state index in [2.05, 4.69) is 10.1 Å². The molecule has 0 amide bonds. The monoisotopic (exact) mass is 289 g/mol. The van der Waals surface area contributed by atoms with Gasteiger partial charge in [-0.15, -0.1) is 0 Å². The van der Waals surface area contributed by atoms with Gasteiger partial charge in [0.25, 0.3) is 0 Å². The SMILES string of the molecule is N[C@@H](CO)c1nc(-c2ccc(O)c(C(F)(F)F)c2)no1. The summed E-state index contributed by atoms with van der Waals surface area (Å²) in [5.41, 5.74) is 4.25. The first-order chi connectivity index (χ1) is 9.32. The lowest BCUT2D eigenvalue weighted by atomic mass is 10.1. The molecule has 0 saturated carbocycles. The fourth-order valence-electron chi connectivity index (χ4n) is 1.48. The Labute approximate surface area is 110 Å². The third kappa shape index (κ3) is 2.73. The highest BCUT2D eigenvalue weighted by atomic mass is 19.4. The van der Waals surface area contributed by atoms with Crippen molar-refractivity contribution in [2.24, 2.45) is 5.73 Å². The number of halogens is 3. The van der Waals surface area contributed by atoms with E-state index < -0.39 is 30.1 Å². The van der Waals surface area contributed by atoms with Crippen LogP contribution in [0.15, 0.2) is 22.7 Å². The Morgan fingerprint density at radius 2 is 2.05 bits per heavy atom. The van der Waals surface area contributed by atoms with Crippen LogP contribution in [0.1, 0.15) is 17.5 Å². The second-order valence-electron chi connectivity index (χ2n) is 3.97. The van der Waals surface area contributed by atoms with Crippen molar-refractivity contribution in [1.82, 2.24) is 10.1 Å². The highest BCUT2D eigenvalue weighted by Crippen LogP contribution is 2.37. The molecule has 0 aliphatic heterocycles. The summed E-state index contributed by atoms with van der Waals surface area (Å²) in [7, 11) is 0. The summed E-state index contributed by atoms with van der Waals surface area (Å²) >= 11 is 0. The summed E-state index contributed by atoms with van der Waals surface area (Å²) in [6.07, 6.45) is -4.70. The molecular weight excluding hydrogens is 279 g/mol. The average Bonchev–Trinajstić information content (AvgIpc) is 2.86. The molecule has 2 aromatic rings. The first kappa shape index (κ1) is 14.3. The lowest BCUT2D eigenvalue weighted by Crippen LogP contribution is -2.14. The van der Waals surface area contributed by atoms with Gasteiger partial charge in [-0.3, -0.25) is 0 Å². The molecule has 6 nitrogen and oxygen atoms in total. The first-order valence-electron chi connectivity index (χ1n) is 5.43. The van der Waals surface area contributed by atoms with Gasteiger partial charge >= 0.3 is 6.18 Å². The van der Waals surface area contributed by atoms with Crippen molar-refractivity contribution >= 4 is 0 Å². The van der Waals surface area contributed by atoms with Gasteiger partial charge in [0, 0.05) is 5.56 Å². The van der Waals surface area contributed by atoms with Gasteiger partial charge in [0.1, 0.15) is 11.8 Å². The Morgan fingerprint density at radius 3 is 2.65 bits per heavy atom. The largest absolute Gasteiger partial charge is 0.507 e. The van der Waals surface area contributed by atoms with E-state index in [9.17, 15) is 18.3 Å². The summed E-state index contributed by atoms with van der Waals surface area (Å²) < 4.78 is 42.7. The number of hydrogen-bond acceptors (Lipinski definition) is 6. The number of alkyl halides is 3. The van der Waals surface area contributed by atoms with Crippen molar-refractivity contribution in [2.75, 3.05) is 6.61 Å². The normalized spacial score (nSPS) is 13.4. The standard InChI is InChI=1S/C11H10F3N3O3/c12-11(13,14)6-3-5(1-2-8(6)19)9-16-10(20-17-9)7(15)4-18/h1-3,7,18-19H,4,15H2/t7-/m0/s1. The number of nitrogens with zero attached hydrogens (tertiary/aromatic N) is 2. The van der Waals surface area contributed by atoms with Gasteiger partial charge in [-0.05, 0) is 18.2 Å². The number of aliphatic hydroxyl groups is 1. The quantitative estimate of drug-likeness (QED) is 0.789. The lowest BCUT2D eigenvalue weighted by Gasteiger charge is -2.09. The van der Waals surface area contributed by atoms with Gasteiger partial charge in [0.05, 0.1) is 12.2 Å². The smallest absolute Gasteiger partial charge is 0.419 e. The van der Waals surface area contributed by atoms with Crippen LogP contribution in [0.25, 0.3) is 11.4 Å². The van der Waals surface area contributed by atoms with E-state index in [1.807, 2.05) is 0 Å². The number of nitrogens with two attached hydrogens (primary N) is 1. The molecule has 1 aromatic heterocycles. The third-order valence-electron chi connectivity index (χ3n) is 2.52. The van der Waals surface area contributed by atoms with Gasteiger partial charge in [0.2, 0.25) is 11.7 Å². The summed E-state index contributed by atoms with van der Waals surface area (Å²) in [4.78, 5) is 3.79. The molecule has 1 aromatic carbocycles. The molecule has 20 heavy (non-hydrogen) atoms. The molecule has 0 unspecified atom stereocenters. The number of benzene rings is 1. The molecule has 0 aliphatic carbocycles. The summed E-state index contributed by atoms with van der Waals surface area (Å²) in [5.74, 6) is -1.10. The van der Waals surface area contributed by atoms with Crippen LogP contribution in [0.2, 0.25) is 0 Å². The molecule has 0 saturated heterocycles. The maximum absolute atomic E-state index is 12.7. The number of phenols is 1. The maximum atomic E-state index is 12.7. The van der Waals surface area contributed by atoms with Crippen molar-refractivity contribution in [3.8, 4) is 17.1 Å². The summed E-state index contributed by atoms with van der Waals surface area (Å²) in [5, 5.41) is 21.5. The number of rotatable bonds is 3. The Balaban J connectivity index is 2.41.